The molecule has 0 spiro atoms. The monoisotopic (exact) mass is 269 g/mol. The van der Waals surface area contributed by atoms with Crippen molar-refractivity contribution in [3.8, 4) is 0 Å². The number of amides is 1. The van der Waals surface area contributed by atoms with Crippen molar-refractivity contribution in [2.75, 3.05) is 6.54 Å². The van der Waals surface area contributed by atoms with E-state index in [2.05, 4.69) is 21.2 Å². The molecule has 2 nitrogen and oxygen atoms in total. The van der Waals surface area contributed by atoms with Gasteiger partial charge in [-0.2, -0.15) is 0 Å². The Morgan fingerprint density at radius 3 is 2.67 bits per heavy atom. The number of hydrogen-bond donors (Lipinski definition) is 1. The first-order valence-electron chi connectivity index (χ1n) is 5.03. The molecule has 1 rings (SSSR count). The van der Waals surface area contributed by atoms with E-state index in [0.717, 1.165) is 10.0 Å². The van der Waals surface area contributed by atoms with Crippen molar-refractivity contribution in [1.82, 2.24) is 5.32 Å². The first kappa shape index (κ1) is 12.2. The van der Waals surface area contributed by atoms with Crippen LogP contribution in [0.15, 0.2) is 28.7 Å². The van der Waals surface area contributed by atoms with Crippen LogP contribution in [-0.4, -0.2) is 12.5 Å². The second-order valence-corrected chi connectivity index (χ2v) is 4.91. The van der Waals surface area contributed by atoms with Crippen molar-refractivity contribution in [2.24, 2.45) is 0 Å². The minimum Gasteiger partial charge on any atom is -0.356 e. The Hall–Kier alpha value is -0.830. The number of rotatable bonds is 3. The van der Waals surface area contributed by atoms with Gasteiger partial charge < -0.3 is 5.32 Å². The molecule has 0 aliphatic heterocycles. The van der Waals surface area contributed by atoms with Gasteiger partial charge in [0.15, 0.2) is 0 Å². The maximum absolute atomic E-state index is 11.9. The summed E-state index contributed by atoms with van der Waals surface area (Å²) in [4.78, 5) is 11.9. The number of nitrogens with one attached hydrogen (secondary N) is 1. The maximum atomic E-state index is 11.9. The molecule has 0 unspecified atom stereocenters. The van der Waals surface area contributed by atoms with Gasteiger partial charge in [0.1, 0.15) is 0 Å². The molecule has 0 fully saturated rings. The average Bonchev–Trinajstić information content (AvgIpc) is 2.18. The molecule has 1 aromatic carbocycles. The van der Waals surface area contributed by atoms with Gasteiger partial charge in [-0.3, -0.25) is 4.79 Å². The van der Waals surface area contributed by atoms with E-state index in [0.29, 0.717) is 6.54 Å². The topological polar surface area (TPSA) is 29.1 Å². The van der Waals surface area contributed by atoms with Crippen molar-refractivity contribution in [3.63, 3.8) is 0 Å². The van der Waals surface area contributed by atoms with E-state index in [-0.39, 0.29) is 5.91 Å². The van der Waals surface area contributed by atoms with Gasteiger partial charge in [0, 0.05) is 11.0 Å². The Kier molecular flexibility index (Phi) is 3.91. The van der Waals surface area contributed by atoms with E-state index in [4.69, 9.17) is 0 Å². The van der Waals surface area contributed by atoms with Crippen LogP contribution in [0.2, 0.25) is 0 Å². The van der Waals surface area contributed by atoms with Crippen LogP contribution < -0.4 is 5.32 Å². The summed E-state index contributed by atoms with van der Waals surface area (Å²) in [6, 6.07) is 7.85. The number of hydrogen-bond acceptors (Lipinski definition) is 1. The zero-order valence-corrected chi connectivity index (χ0v) is 10.9. The van der Waals surface area contributed by atoms with Crippen LogP contribution in [0, 0.1) is 0 Å². The highest BCUT2D eigenvalue weighted by Gasteiger charge is 2.29. The first-order chi connectivity index (χ1) is 6.98. The van der Waals surface area contributed by atoms with Crippen LogP contribution in [0.3, 0.4) is 0 Å². The van der Waals surface area contributed by atoms with Crippen LogP contribution in [0.5, 0.6) is 0 Å². The summed E-state index contributed by atoms with van der Waals surface area (Å²) in [5, 5.41) is 2.85. The first-order valence-corrected chi connectivity index (χ1v) is 5.82. The largest absolute Gasteiger partial charge is 0.356 e. The fourth-order valence-corrected chi connectivity index (χ4v) is 1.79. The predicted octanol–water partition coefficient (Wildman–Crippen LogP) is 2.86. The molecular formula is C12H16BrNO. The predicted molar refractivity (Wildman–Crippen MR) is 65.9 cm³/mol. The average molecular weight is 270 g/mol. The van der Waals surface area contributed by atoms with Crippen molar-refractivity contribution >= 4 is 21.8 Å². The summed E-state index contributed by atoms with van der Waals surface area (Å²) in [7, 11) is 0. The second kappa shape index (κ2) is 4.79. The number of carbonyl (C=O) groups excluding carboxylic acids is 1. The molecule has 0 aromatic heterocycles. The normalized spacial score (nSPS) is 11.2. The summed E-state index contributed by atoms with van der Waals surface area (Å²) >= 11 is 3.41. The lowest BCUT2D eigenvalue weighted by Gasteiger charge is -2.24. The van der Waals surface area contributed by atoms with E-state index >= 15 is 0 Å². The summed E-state index contributed by atoms with van der Waals surface area (Å²) in [5.41, 5.74) is 0.530. The molecule has 0 aliphatic rings. The van der Waals surface area contributed by atoms with Gasteiger partial charge in [0.2, 0.25) is 5.91 Å². The number of likely N-dealkylation sites (N-methyl/N-ethyl adjacent to an activating group) is 1. The molecular weight excluding hydrogens is 254 g/mol. The summed E-state index contributed by atoms with van der Waals surface area (Å²) < 4.78 is 0.998. The third kappa shape index (κ3) is 2.81. The second-order valence-electron chi connectivity index (χ2n) is 3.99. The van der Waals surface area contributed by atoms with E-state index < -0.39 is 5.41 Å². The molecule has 1 aromatic rings. The van der Waals surface area contributed by atoms with Crippen molar-refractivity contribution in [1.29, 1.82) is 0 Å². The van der Waals surface area contributed by atoms with Crippen LogP contribution in [0.25, 0.3) is 0 Å². The Morgan fingerprint density at radius 2 is 2.13 bits per heavy atom. The van der Waals surface area contributed by atoms with Crippen LogP contribution >= 0.6 is 15.9 Å². The molecule has 1 N–H and O–H groups in total. The highest BCUT2D eigenvalue weighted by molar-refractivity contribution is 9.10. The third-order valence-electron chi connectivity index (χ3n) is 2.45. The zero-order chi connectivity index (χ0) is 11.5. The van der Waals surface area contributed by atoms with Crippen LogP contribution in [0.4, 0.5) is 0 Å². The Morgan fingerprint density at radius 1 is 1.47 bits per heavy atom. The van der Waals surface area contributed by atoms with E-state index in [1.165, 1.54) is 0 Å². The van der Waals surface area contributed by atoms with Gasteiger partial charge >= 0.3 is 0 Å². The molecule has 0 saturated carbocycles. The molecule has 0 saturated heterocycles. The molecule has 82 valence electrons. The maximum Gasteiger partial charge on any atom is 0.230 e. The van der Waals surface area contributed by atoms with Gasteiger partial charge in [-0.1, -0.05) is 28.1 Å². The Labute approximate surface area is 99.2 Å². The number of halogens is 1. The summed E-state index contributed by atoms with van der Waals surface area (Å²) in [6.07, 6.45) is 0. The molecule has 0 atom stereocenters. The molecule has 1 amide bonds. The van der Waals surface area contributed by atoms with E-state index in [1.54, 1.807) is 0 Å². The standard InChI is InChI=1S/C12H16BrNO/c1-4-14-11(15)12(2,3)9-6-5-7-10(13)8-9/h5-8H,4H2,1-3H3,(H,14,15). The SMILES string of the molecule is CCNC(=O)C(C)(C)c1cccc(Br)c1. The lowest BCUT2D eigenvalue weighted by molar-refractivity contribution is -0.125. The van der Waals surface area contributed by atoms with Gasteiger partial charge in [-0.15, -0.1) is 0 Å². The molecule has 0 heterocycles. The van der Waals surface area contributed by atoms with E-state index in [9.17, 15) is 4.79 Å². The minimum atomic E-state index is -0.486. The Balaban J connectivity index is 2.99. The van der Waals surface area contributed by atoms with Gasteiger partial charge in [0.05, 0.1) is 5.41 Å². The van der Waals surface area contributed by atoms with Crippen LogP contribution in [-0.2, 0) is 10.2 Å². The molecule has 0 aliphatic carbocycles. The lowest BCUT2D eigenvalue weighted by Crippen LogP contribution is -2.39. The fraction of sp³-hybridized carbons (Fsp3) is 0.417. The van der Waals surface area contributed by atoms with Gasteiger partial charge in [-0.25, -0.2) is 0 Å². The summed E-state index contributed by atoms with van der Waals surface area (Å²) in [5.74, 6) is 0.0584. The van der Waals surface area contributed by atoms with Crippen molar-refractivity contribution in [2.45, 2.75) is 26.2 Å². The summed E-state index contributed by atoms with van der Waals surface area (Å²) in [6.45, 7) is 6.45. The third-order valence-corrected chi connectivity index (χ3v) is 2.94. The van der Waals surface area contributed by atoms with E-state index in [1.807, 2.05) is 45.0 Å². The smallest absolute Gasteiger partial charge is 0.230 e. The van der Waals surface area contributed by atoms with Gasteiger partial charge in [0.25, 0.3) is 0 Å². The highest BCUT2D eigenvalue weighted by Crippen LogP contribution is 2.25. The number of carbonyl (C=O) groups is 1. The minimum absolute atomic E-state index is 0.0584. The van der Waals surface area contributed by atoms with Crippen molar-refractivity contribution in [3.05, 3.63) is 34.3 Å². The molecule has 0 bridgehead atoms. The molecule has 15 heavy (non-hydrogen) atoms. The molecule has 0 radical (unpaired) electrons. The van der Waals surface area contributed by atoms with Crippen molar-refractivity contribution < 1.29 is 4.79 Å². The number of benzene rings is 1. The van der Waals surface area contributed by atoms with Gasteiger partial charge in [-0.05, 0) is 38.5 Å². The fourth-order valence-electron chi connectivity index (χ4n) is 1.39. The Bertz CT molecular complexity index is 360. The lowest BCUT2D eigenvalue weighted by atomic mass is 9.84. The quantitative estimate of drug-likeness (QED) is 0.899. The zero-order valence-electron chi connectivity index (χ0n) is 9.30. The van der Waals surface area contributed by atoms with Crippen LogP contribution in [0.1, 0.15) is 26.3 Å². The molecule has 3 heteroatoms. The highest BCUT2D eigenvalue weighted by atomic mass is 79.9.